The third kappa shape index (κ3) is 2.82. The first-order valence-corrected chi connectivity index (χ1v) is 5.19. The van der Waals surface area contributed by atoms with Crippen molar-refractivity contribution in [3.8, 4) is 5.75 Å². The van der Waals surface area contributed by atoms with E-state index in [1.165, 1.54) is 18.2 Å². The molecule has 90 valence electrons. The molecule has 0 saturated heterocycles. The first kappa shape index (κ1) is 11.6. The topological polar surface area (TPSA) is 47.3 Å². The molecule has 1 aromatic heterocycles. The Labute approximate surface area is 98.3 Å². The highest BCUT2D eigenvalue weighted by Gasteiger charge is 2.05. The highest BCUT2D eigenvalue weighted by molar-refractivity contribution is 5.33. The van der Waals surface area contributed by atoms with Gasteiger partial charge in [0, 0.05) is 18.8 Å². The smallest absolute Gasteiger partial charge is 0.132 e. The number of aromatic nitrogens is 2. The molecule has 0 aliphatic carbocycles. The average molecular weight is 236 g/mol. The zero-order valence-electron chi connectivity index (χ0n) is 9.43. The summed E-state index contributed by atoms with van der Waals surface area (Å²) in [5.74, 6) is 0.0822. The maximum Gasteiger partial charge on any atom is 0.132 e. The van der Waals surface area contributed by atoms with Gasteiger partial charge in [-0.15, -0.1) is 0 Å². The second-order valence-corrected chi connectivity index (χ2v) is 3.68. The van der Waals surface area contributed by atoms with Gasteiger partial charge in [0.1, 0.15) is 18.2 Å². The van der Waals surface area contributed by atoms with E-state index in [0.29, 0.717) is 17.9 Å². The highest BCUT2D eigenvalue weighted by Crippen LogP contribution is 2.20. The largest absolute Gasteiger partial charge is 0.487 e. The molecule has 0 unspecified atom stereocenters. The lowest BCUT2D eigenvalue weighted by molar-refractivity contribution is 0.256. The molecule has 0 radical (unpaired) electrons. The van der Waals surface area contributed by atoms with Crippen LogP contribution in [-0.4, -0.2) is 14.9 Å². The van der Waals surface area contributed by atoms with Crippen LogP contribution in [0.15, 0.2) is 30.5 Å². The van der Waals surface area contributed by atoms with Crippen molar-refractivity contribution >= 4 is 0 Å². The summed E-state index contributed by atoms with van der Waals surface area (Å²) in [7, 11) is 1.82. The molecule has 0 aliphatic rings. The minimum Gasteiger partial charge on any atom is -0.487 e. The Balaban J connectivity index is 2.08. The second kappa shape index (κ2) is 4.97. The van der Waals surface area contributed by atoms with Gasteiger partial charge in [0.15, 0.2) is 0 Å². The number of aryl methyl sites for hydroxylation is 1. The van der Waals surface area contributed by atoms with E-state index in [1.54, 1.807) is 4.68 Å². The Morgan fingerprint density at radius 1 is 1.41 bits per heavy atom. The van der Waals surface area contributed by atoms with E-state index in [2.05, 4.69) is 5.10 Å². The molecule has 0 saturated carbocycles. The van der Waals surface area contributed by atoms with Crippen molar-refractivity contribution in [3.05, 3.63) is 47.5 Å². The van der Waals surface area contributed by atoms with Crippen molar-refractivity contribution in [2.24, 2.45) is 7.05 Å². The van der Waals surface area contributed by atoms with Crippen LogP contribution < -0.4 is 4.74 Å². The lowest BCUT2D eigenvalue weighted by Crippen LogP contribution is -2.00. The lowest BCUT2D eigenvalue weighted by Gasteiger charge is -2.08. The van der Waals surface area contributed by atoms with Crippen LogP contribution in [0.25, 0.3) is 0 Å². The number of rotatable bonds is 4. The summed E-state index contributed by atoms with van der Waals surface area (Å²) in [6.45, 7) is 0.0365. The van der Waals surface area contributed by atoms with Gasteiger partial charge in [-0.05, 0) is 24.3 Å². The van der Waals surface area contributed by atoms with Gasteiger partial charge in [-0.3, -0.25) is 4.68 Å². The molecular weight excluding hydrogens is 223 g/mol. The van der Waals surface area contributed by atoms with Crippen molar-refractivity contribution < 1.29 is 14.2 Å². The molecule has 0 spiro atoms. The van der Waals surface area contributed by atoms with Gasteiger partial charge in [-0.25, -0.2) is 4.39 Å². The van der Waals surface area contributed by atoms with Gasteiger partial charge < -0.3 is 9.84 Å². The average Bonchev–Trinajstić information content (AvgIpc) is 2.73. The van der Waals surface area contributed by atoms with Gasteiger partial charge in [0.2, 0.25) is 0 Å². The quantitative estimate of drug-likeness (QED) is 0.877. The normalized spacial score (nSPS) is 10.5. The van der Waals surface area contributed by atoms with Crippen molar-refractivity contribution in [2.75, 3.05) is 0 Å². The van der Waals surface area contributed by atoms with Crippen LogP contribution in [0.4, 0.5) is 4.39 Å². The Kier molecular flexibility index (Phi) is 3.39. The molecule has 0 bridgehead atoms. The van der Waals surface area contributed by atoms with Crippen LogP contribution in [0.2, 0.25) is 0 Å². The molecule has 0 atom stereocenters. The molecule has 1 N–H and O–H groups in total. The third-order valence-corrected chi connectivity index (χ3v) is 2.34. The fourth-order valence-corrected chi connectivity index (χ4v) is 1.50. The van der Waals surface area contributed by atoms with Crippen LogP contribution in [0.5, 0.6) is 5.75 Å². The van der Waals surface area contributed by atoms with Gasteiger partial charge in [0.25, 0.3) is 0 Å². The summed E-state index contributed by atoms with van der Waals surface area (Å²) in [4.78, 5) is 0. The van der Waals surface area contributed by atoms with E-state index in [1.807, 2.05) is 19.3 Å². The number of aliphatic hydroxyl groups is 1. The number of halogens is 1. The van der Waals surface area contributed by atoms with Crippen LogP contribution in [0, 0.1) is 5.82 Å². The molecule has 4 nitrogen and oxygen atoms in total. The third-order valence-electron chi connectivity index (χ3n) is 2.34. The summed E-state index contributed by atoms with van der Waals surface area (Å²) in [5.41, 5.74) is 1.21. The Morgan fingerprint density at radius 2 is 2.24 bits per heavy atom. The summed E-state index contributed by atoms with van der Waals surface area (Å²) in [5, 5.41) is 13.2. The second-order valence-electron chi connectivity index (χ2n) is 3.68. The molecular formula is C12H13FN2O2. The first-order valence-electron chi connectivity index (χ1n) is 5.19. The van der Waals surface area contributed by atoms with Crippen LogP contribution in [0.1, 0.15) is 11.3 Å². The fraction of sp³-hybridized carbons (Fsp3) is 0.250. The maximum atomic E-state index is 12.9. The number of hydrogen-bond donors (Lipinski definition) is 1. The molecule has 0 fully saturated rings. The Hall–Kier alpha value is -1.88. The standard InChI is InChI=1S/C12H13FN2O2/c1-15-5-4-11(14-15)8-17-12-3-2-10(13)6-9(12)7-16/h2-6,16H,7-8H2,1H3. The van der Waals surface area contributed by atoms with Gasteiger partial charge in [-0.1, -0.05) is 0 Å². The summed E-state index contributed by atoms with van der Waals surface area (Å²) < 4.78 is 20.1. The number of nitrogens with zero attached hydrogens (tertiary/aromatic N) is 2. The molecule has 17 heavy (non-hydrogen) atoms. The highest BCUT2D eigenvalue weighted by atomic mass is 19.1. The van der Waals surface area contributed by atoms with Crippen molar-refractivity contribution in [1.29, 1.82) is 0 Å². The van der Waals surface area contributed by atoms with Gasteiger partial charge in [-0.2, -0.15) is 5.10 Å². The van der Waals surface area contributed by atoms with Crippen LogP contribution in [-0.2, 0) is 20.3 Å². The van der Waals surface area contributed by atoms with Crippen LogP contribution >= 0.6 is 0 Å². The predicted molar refractivity (Wildman–Crippen MR) is 59.9 cm³/mol. The Morgan fingerprint density at radius 3 is 2.88 bits per heavy atom. The number of hydrogen-bond acceptors (Lipinski definition) is 3. The predicted octanol–water partition coefficient (Wildman–Crippen LogP) is 1.63. The van der Waals surface area contributed by atoms with E-state index in [4.69, 9.17) is 9.84 Å². The molecule has 1 heterocycles. The SMILES string of the molecule is Cn1ccc(COc2ccc(F)cc2CO)n1. The first-order chi connectivity index (χ1) is 8.19. The van der Waals surface area contributed by atoms with Crippen LogP contribution in [0.3, 0.4) is 0 Å². The minimum absolute atomic E-state index is 0.255. The zero-order valence-corrected chi connectivity index (χ0v) is 9.43. The minimum atomic E-state index is -0.390. The maximum absolute atomic E-state index is 12.9. The number of aliphatic hydroxyl groups excluding tert-OH is 1. The van der Waals surface area contributed by atoms with Gasteiger partial charge >= 0.3 is 0 Å². The summed E-state index contributed by atoms with van der Waals surface area (Å²) >= 11 is 0. The number of ether oxygens (including phenoxy) is 1. The molecule has 0 amide bonds. The van der Waals surface area contributed by atoms with E-state index in [0.717, 1.165) is 5.69 Å². The lowest BCUT2D eigenvalue weighted by atomic mass is 10.2. The van der Waals surface area contributed by atoms with Gasteiger partial charge in [0.05, 0.1) is 12.3 Å². The molecule has 0 aliphatic heterocycles. The van der Waals surface area contributed by atoms with E-state index in [9.17, 15) is 4.39 Å². The summed E-state index contributed by atoms with van der Waals surface area (Å²) in [6, 6.07) is 5.90. The molecule has 1 aromatic carbocycles. The van der Waals surface area contributed by atoms with Crippen molar-refractivity contribution in [2.45, 2.75) is 13.2 Å². The molecule has 5 heteroatoms. The zero-order chi connectivity index (χ0) is 12.3. The van der Waals surface area contributed by atoms with E-state index >= 15 is 0 Å². The van der Waals surface area contributed by atoms with E-state index < -0.39 is 0 Å². The molecule has 2 rings (SSSR count). The number of benzene rings is 1. The Bertz CT molecular complexity index is 511. The fourth-order valence-electron chi connectivity index (χ4n) is 1.50. The van der Waals surface area contributed by atoms with Crippen molar-refractivity contribution in [3.63, 3.8) is 0 Å². The van der Waals surface area contributed by atoms with Crippen molar-refractivity contribution in [1.82, 2.24) is 9.78 Å². The summed E-state index contributed by atoms with van der Waals surface area (Å²) in [6.07, 6.45) is 1.82. The monoisotopic (exact) mass is 236 g/mol. The molecule has 2 aromatic rings. The van der Waals surface area contributed by atoms with E-state index in [-0.39, 0.29) is 12.4 Å².